The average molecular weight is 289 g/mol. The normalized spacial score (nSPS) is 16.6. The van der Waals surface area contributed by atoms with Crippen molar-refractivity contribution in [1.29, 1.82) is 0 Å². The molecule has 0 amide bonds. The molecule has 1 aliphatic rings. The Morgan fingerprint density at radius 2 is 2.20 bits per heavy atom. The zero-order valence-electron chi connectivity index (χ0n) is 10.6. The summed E-state index contributed by atoms with van der Waals surface area (Å²) in [6.07, 6.45) is 3.00. The Balaban J connectivity index is 1.83. The number of nitrogens with zero attached hydrogens (tertiary/aromatic N) is 1. The number of carboxylic acid groups (broad SMARTS) is 1. The van der Waals surface area contributed by atoms with Crippen LogP contribution in [0.25, 0.3) is 0 Å². The summed E-state index contributed by atoms with van der Waals surface area (Å²) in [7, 11) is 0. The molecule has 1 aliphatic heterocycles. The number of carbonyl (C=O) groups is 1. The number of benzene rings is 1. The molecule has 3 rings (SSSR count). The van der Waals surface area contributed by atoms with E-state index in [1.807, 2.05) is 24.3 Å². The Hall–Kier alpha value is -2.07. The molecule has 5 heteroatoms. The van der Waals surface area contributed by atoms with Crippen LogP contribution in [0.4, 0.5) is 5.69 Å². The van der Waals surface area contributed by atoms with Gasteiger partial charge in [-0.2, -0.15) is 0 Å². The first kappa shape index (κ1) is 12.9. The third-order valence-electron chi connectivity index (χ3n) is 3.47. The van der Waals surface area contributed by atoms with Crippen LogP contribution in [0.2, 0.25) is 5.02 Å². The molecule has 2 heterocycles. The molecule has 102 valence electrons. The molecule has 0 saturated carbocycles. The van der Waals surface area contributed by atoms with Crippen molar-refractivity contribution >= 4 is 23.3 Å². The van der Waals surface area contributed by atoms with Crippen LogP contribution in [-0.2, 0) is 12.8 Å². The highest BCUT2D eigenvalue weighted by atomic mass is 35.5. The minimum absolute atomic E-state index is 0.123. The zero-order chi connectivity index (χ0) is 14.1. The number of halogens is 1. The quantitative estimate of drug-likeness (QED) is 0.911. The van der Waals surface area contributed by atoms with Crippen LogP contribution < -0.4 is 5.32 Å². The summed E-state index contributed by atoms with van der Waals surface area (Å²) in [4.78, 5) is 15.4. The first-order valence-corrected chi connectivity index (χ1v) is 6.74. The minimum Gasteiger partial charge on any atom is -0.478 e. The van der Waals surface area contributed by atoms with Gasteiger partial charge in [0.25, 0.3) is 0 Å². The summed E-state index contributed by atoms with van der Waals surface area (Å²) in [6.45, 7) is 0. The second-order valence-corrected chi connectivity index (χ2v) is 5.23. The van der Waals surface area contributed by atoms with Crippen LogP contribution in [0.3, 0.4) is 0 Å². The van der Waals surface area contributed by atoms with E-state index in [0.717, 1.165) is 22.7 Å². The third kappa shape index (κ3) is 2.34. The van der Waals surface area contributed by atoms with E-state index in [2.05, 4.69) is 10.3 Å². The van der Waals surface area contributed by atoms with E-state index < -0.39 is 5.97 Å². The van der Waals surface area contributed by atoms with Crippen molar-refractivity contribution < 1.29 is 9.90 Å². The number of rotatable bonds is 3. The number of nitrogens with one attached hydrogen (secondary N) is 1. The molecule has 1 aromatic heterocycles. The second kappa shape index (κ2) is 5.13. The van der Waals surface area contributed by atoms with E-state index in [4.69, 9.17) is 11.6 Å². The van der Waals surface area contributed by atoms with Gasteiger partial charge in [0, 0.05) is 23.7 Å². The molecule has 1 unspecified atom stereocenters. The molecule has 0 radical (unpaired) electrons. The summed E-state index contributed by atoms with van der Waals surface area (Å²) in [5.74, 6) is -0.936. The minimum atomic E-state index is -0.936. The lowest BCUT2D eigenvalue weighted by Gasteiger charge is -2.12. The summed E-state index contributed by atoms with van der Waals surface area (Å²) in [5, 5.41) is 13.2. The molecular formula is C15H13ClN2O2. The van der Waals surface area contributed by atoms with Crippen LogP contribution in [0.15, 0.2) is 36.5 Å². The number of hydrogen-bond acceptors (Lipinski definition) is 3. The van der Waals surface area contributed by atoms with Gasteiger partial charge in [-0.3, -0.25) is 4.98 Å². The molecule has 0 spiro atoms. The van der Waals surface area contributed by atoms with E-state index in [0.29, 0.717) is 12.1 Å². The lowest BCUT2D eigenvalue weighted by Crippen LogP contribution is -2.19. The number of fused-ring (bicyclic) bond motifs is 1. The summed E-state index contributed by atoms with van der Waals surface area (Å²) in [6, 6.07) is 9.33. The Bertz CT molecular complexity index is 673. The fourth-order valence-corrected chi connectivity index (χ4v) is 2.75. The molecule has 4 nitrogen and oxygen atoms in total. The molecule has 0 saturated heterocycles. The number of anilines is 1. The van der Waals surface area contributed by atoms with Gasteiger partial charge < -0.3 is 10.4 Å². The summed E-state index contributed by atoms with van der Waals surface area (Å²) in [5.41, 5.74) is 2.77. The molecule has 0 bridgehead atoms. The van der Waals surface area contributed by atoms with E-state index in [-0.39, 0.29) is 11.6 Å². The predicted octanol–water partition coefficient (Wildman–Crippen LogP) is 3.01. The van der Waals surface area contributed by atoms with Crippen LogP contribution in [0.5, 0.6) is 0 Å². The van der Waals surface area contributed by atoms with E-state index in [9.17, 15) is 9.90 Å². The Morgan fingerprint density at radius 3 is 2.95 bits per heavy atom. The number of hydrogen-bond donors (Lipinski definition) is 2. The molecule has 1 atom stereocenters. The molecule has 0 aliphatic carbocycles. The molecule has 20 heavy (non-hydrogen) atoms. The molecule has 2 aromatic rings. The topological polar surface area (TPSA) is 62.2 Å². The molecule has 0 fully saturated rings. The fraction of sp³-hybridized carbons (Fsp3) is 0.200. The second-order valence-electron chi connectivity index (χ2n) is 4.83. The van der Waals surface area contributed by atoms with Crippen LogP contribution >= 0.6 is 11.6 Å². The van der Waals surface area contributed by atoms with E-state index >= 15 is 0 Å². The van der Waals surface area contributed by atoms with Crippen molar-refractivity contribution in [2.45, 2.75) is 18.9 Å². The molecule has 2 N–H and O–H groups in total. The highest BCUT2D eigenvalue weighted by Gasteiger charge is 2.26. The van der Waals surface area contributed by atoms with Gasteiger partial charge in [-0.25, -0.2) is 4.79 Å². The van der Waals surface area contributed by atoms with Gasteiger partial charge in [0.2, 0.25) is 0 Å². The Labute approximate surface area is 121 Å². The predicted molar refractivity (Wildman–Crippen MR) is 77.5 cm³/mol. The van der Waals surface area contributed by atoms with Gasteiger partial charge in [0.05, 0.1) is 16.9 Å². The number of carboxylic acids is 1. The van der Waals surface area contributed by atoms with Gasteiger partial charge in [0.15, 0.2) is 0 Å². The third-order valence-corrected chi connectivity index (χ3v) is 3.84. The van der Waals surface area contributed by atoms with Gasteiger partial charge >= 0.3 is 5.97 Å². The standard InChI is InChI=1S/C15H13ClN2O2/c16-12-4-2-1-3-9(12)7-10-8-13-14(18-10)11(15(19)20)5-6-17-13/h1-6,10,18H,7-8H2,(H,19,20). The zero-order valence-corrected chi connectivity index (χ0v) is 11.4. The van der Waals surface area contributed by atoms with Crippen molar-refractivity contribution in [2.24, 2.45) is 0 Å². The van der Waals surface area contributed by atoms with E-state index in [1.165, 1.54) is 6.07 Å². The summed E-state index contributed by atoms with van der Waals surface area (Å²) < 4.78 is 0. The van der Waals surface area contributed by atoms with Crippen molar-refractivity contribution in [3.8, 4) is 0 Å². The van der Waals surface area contributed by atoms with Crippen LogP contribution in [-0.4, -0.2) is 22.1 Å². The van der Waals surface area contributed by atoms with Crippen molar-refractivity contribution in [3.63, 3.8) is 0 Å². The lowest BCUT2D eigenvalue weighted by atomic mass is 10.0. The van der Waals surface area contributed by atoms with Crippen molar-refractivity contribution in [2.75, 3.05) is 5.32 Å². The van der Waals surface area contributed by atoms with Crippen LogP contribution in [0, 0.1) is 0 Å². The molecular weight excluding hydrogens is 276 g/mol. The Morgan fingerprint density at radius 1 is 1.40 bits per heavy atom. The van der Waals surface area contributed by atoms with Gasteiger partial charge in [-0.05, 0) is 24.1 Å². The maximum atomic E-state index is 11.2. The largest absolute Gasteiger partial charge is 0.478 e. The smallest absolute Gasteiger partial charge is 0.337 e. The van der Waals surface area contributed by atoms with Crippen molar-refractivity contribution in [1.82, 2.24) is 4.98 Å². The van der Waals surface area contributed by atoms with Gasteiger partial charge in [-0.1, -0.05) is 29.8 Å². The number of pyridine rings is 1. The maximum absolute atomic E-state index is 11.2. The lowest BCUT2D eigenvalue weighted by molar-refractivity contribution is 0.0698. The average Bonchev–Trinajstić information content (AvgIpc) is 2.83. The SMILES string of the molecule is O=C(O)c1ccnc2c1NC(Cc1ccccc1Cl)C2. The maximum Gasteiger partial charge on any atom is 0.337 e. The van der Waals surface area contributed by atoms with Gasteiger partial charge in [-0.15, -0.1) is 0 Å². The number of aromatic carboxylic acids is 1. The van der Waals surface area contributed by atoms with E-state index in [1.54, 1.807) is 6.20 Å². The van der Waals surface area contributed by atoms with Crippen LogP contribution in [0.1, 0.15) is 21.6 Å². The highest BCUT2D eigenvalue weighted by Crippen LogP contribution is 2.30. The Kier molecular flexibility index (Phi) is 3.32. The van der Waals surface area contributed by atoms with Crippen molar-refractivity contribution in [3.05, 3.63) is 58.4 Å². The van der Waals surface area contributed by atoms with Gasteiger partial charge in [0.1, 0.15) is 0 Å². The first-order chi connectivity index (χ1) is 9.65. The molecule has 1 aromatic carbocycles. The monoisotopic (exact) mass is 288 g/mol. The first-order valence-electron chi connectivity index (χ1n) is 6.36. The fourth-order valence-electron chi connectivity index (χ4n) is 2.54. The summed E-state index contributed by atoms with van der Waals surface area (Å²) >= 11 is 6.16. The highest BCUT2D eigenvalue weighted by molar-refractivity contribution is 6.31. The number of aromatic nitrogens is 1.